The van der Waals surface area contributed by atoms with Crippen LogP contribution in [0.4, 0.5) is 5.69 Å². The van der Waals surface area contributed by atoms with Crippen molar-refractivity contribution in [1.29, 1.82) is 0 Å². The zero-order chi connectivity index (χ0) is 18.4. The van der Waals surface area contributed by atoms with Crippen LogP contribution in [0.1, 0.15) is 18.1 Å². The fourth-order valence-electron chi connectivity index (χ4n) is 1.92. The summed E-state index contributed by atoms with van der Waals surface area (Å²) in [5, 5.41) is 3.82. The predicted octanol–water partition coefficient (Wildman–Crippen LogP) is 4.89. The van der Waals surface area contributed by atoms with Gasteiger partial charge >= 0.3 is 5.97 Å². The van der Waals surface area contributed by atoms with E-state index >= 15 is 0 Å². The van der Waals surface area contributed by atoms with Crippen LogP contribution in [-0.4, -0.2) is 18.0 Å². The van der Waals surface area contributed by atoms with E-state index < -0.39 is 18.0 Å². The minimum atomic E-state index is -0.942. The Morgan fingerprint density at radius 3 is 2.44 bits per heavy atom. The summed E-state index contributed by atoms with van der Waals surface area (Å²) in [5.74, 6) is -1.05. The number of halogens is 2. The molecule has 2 rings (SSSR count). The highest BCUT2D eigenvalue weighted by Gasteiger charge is 2.16. The summed E-state index contributed by atoms with van der Waals surface area (Å²) in [5.41, 5.74) is 2.25. The maximum absolute atomic E-state index is 12.1. The fraction of sp³-hybridized carbons (Fsp3) is 0.158. The Labute approximate surface area is 156 Å². The van der Waals surface area contributed by atoms with Gasteiger partial charge in [-0.2, -0.15) is 0 Å². The van der Waals surface area contributed by atoms with Crippen molar-refractivity contribution in [3.63, 3.8) is 0 Å². The van der Waals surface area contributed by atoms with Gasteiger partial charge in [0.25, 0.3) is 5.91 Å². The summed E-state index contributed by atoms with van der Waals surface area (Å²) in [6.07, 6.45) is 1.90. The van der Waals surface area contributed by atoms with Gasteiger partial charge < -0.3 is 10.1 Å². The van der Waals surface area contributed by atoms with Gasteiger partial charge in [-0.05, 0) is 55.3 Å². The lowest BCUT2D eigenvalue weighted by atomic mass is 10.2. The highest BCUT2D eigenvalue weighted by atomic mass is 35.5. The van der Waals surface area contributed by atoms with Crippen LogP contribution < -0.4 is 5.32 Å². The van der Waals surface area contributed by atoms with Crippen molar-refractivity contribution in [2.75, 3.05) is 5.32 Å². The molecule has 0 radical (unpaired) electrons. The standard InChI is InChI=1S/C19H17Cl2NO3/c1-12-3-9-16(11-17(12)21)22-19(24)13(2)25-18(23)10-6-14-4-7-15(20)8-5-14/h3-11,13H,1-2H3,(H,22,24)/b10-6+. The number of rotatable bonds is 5. The Bertz CT molecular complexity index is 801. The molecule has 0 saturated heterocycles. The van der Waals surface area contributed by atoms with Crippen LogP contribution in [-0.2, 0) is 14.3 Å². The van der Waals surface area contributed by atoms with Crippen LogP contribution in [0.2, 0.25) is 10.0 Å². The third-order valence-corrected chi connectivity index (χ3v) is 4.04. The molecule has 0 aliphatic rings. The molecule has 2 aromatic carbocycles. The van der Waals surface area contributed by atoms with Gasteiger partial charge in [0, 0.05) is 21.8 Å². The number of hydrogen-bond acceptors (Lipinski definition) is 3. The van der Waals surface area contributed by atoms with E-state index in [1.165, 1.54) is 13.0 Å². The smallest absolute Gasteiger partial charge is 0.331 e. The zero-order valence-electron chi connectivity index (χ0n) is 13.8. The molecule has 0 bridgehead atoms. The molecule has 4 nitrogen and oxygen atoms in total. The summed E-state index contributed by atoms with van der Waals surface area (Å²) in [7, 11) is 0. The minimum absolute atomic E-state index is 0.437. The molecule has 1 N–H and O–H groups in total. The molecule has 0 aliphatic carbocycles. The molecule has 0 heterocycles. The lowest BCUT2D eigenvalue weighted by Gasteiger charge is -2.13. The van der Waals surface area contributed by atoms with E-state index in [0.717, 1.165) is 11.1 Å². The predicted molar refractivity (Wildman–Crippen MR) is 101 cm³/mol. The average molecular weight is 378 g/mol. The quantitative estimate of drug-likeness (QED) is 0.596. The number of ether oxygens (including phenoxy) is 1. The van der Waals surface area contributed by atoms with Crippen molar-refractivity contribution in [2.24, 2.45) is 0 Å². The van der Waals surface area contributed by atoms with Crippen LogP contribution in [0.15, 0.2) is 48.5 Å². The molecule has 2 aromatic rings. The summed E-state index contributed by atoms with van der Waals surface area (Å²) >= 11 is 11.8. The Balaban J connectivity index is 1.90. The van der Waals surface area contributed by atoms with Crippen LogP contribution in [0, 0.1) is 6.92 Å². The SMILES string of the molecule is Cc1ccc(NC(=O)C(C)OC(=O)/C=C/c2ccc(Cl)cc2)cc1Cl. The van der Waals surface area contributed by atoms with Crippen molar-refractivity contribution in [3.8, 4) is 0 Å². The molecule has 130 valence electrons. The Morgan fingerprint density at radius 1 is 1.12 bits per heavy atom. The zero-order valence-corrected chi connectivity index (χ0v) is 15.3. The number of esters is 1. The van der Waals surface area contributed by atoms with Gasteiger partial charge in [0.15, 0.2) is 6.10 Å². The number of carbonyl (C=O) groups excluding carboxylic acids is 2. The lowest BCUT2D eigenvalue weighted by molar-refractivity contribution is -0.148. The topological polar surface area (TPSA) is 55.4 Å². The average Bonchev–Trinajstić information content (AvgIpc) is 2.57. The first-order chi connectivity index (χ1) is 11.8. The number of aryl methyl sites for hydroxylation is 1. The van der Waals surface area contributed by atoms with Gasteiger partial charge in [0.05, 0.1) is 0 Å². The summed E-state index contributed by atoms with van der Waals surface area (Å²) < 4.78 is 5.09. The monoisotopic (exact) mass is 377 g/mol. The molecule has 0 aliphatic heterocycles. The van der Waals surface area contributed by atoms with Crippen molar-refractivity contribution in [1.82, 2.24) is 0 Å². The van der Waals surface area contributed by atoms with Gasteiger partial charge in [-0.1, -0.05) is 41.4 Å². The molecule has 1 unspecified atom stereocenters. The molecular weight excluding hydrogens is 361 g/mol. The van der Waals surface area contributed by atoms with E-state index in [4.69, 9.17) is 27.9 Å². The van der Waals surface area contributed by atoms with Gasteiger partial charge in [-0.15, -0.1) is 0 Å². The second-order valence-electron chi connectivity index (χ2n) is 5.42. The Morgan fingerprint density at radius 2 is 1.80 bits per heavy atom. The lowest BCUT2D eigenvalue weighted by Crippen LogP contribution is -2.29. The van der Waals surface area contributed by atoms with E-state index in [1.54, 1.807) is 48.5 Å². The Hall–Kier alpha value is -2.30. The van der Waals surface area contributed by atoms with E-state index in [9.17, 15) is 9.59 Å². The number of hydrogen-bond donors (Lipinski definition) is 1. The first kappa shape index (κ1) is 19.0. The van der Waals surface area contributed by atoms with E-state index in [0.29, 0.717) is 15.7 Å². The number of nitrogens with one attached hydrogen (secondary N) is 1. The molecule has 1 atom stereocenters. The molecule has 0 fully saturated rings. The highest BCUT2D eigenvalue weighted by molar-refractivity contribution is 6.31. The summed E-state index contributed by atoms with van der Waals surface area (Å²) in [6, 6.07) is 12.1. The van der Waals surface area contributed by atoms with Gasteiger partial charge in [-0.3, -0.25) is 4.79 Å². The molecule has 1 amide bonds. The Kier molecular flexibility index (Phi) is 6.62. The third kappa shape index (κ3) is 5.93. The first-order valence-corrected chi connectivity index (χ1v) is 8.32. The van der Waals surface area contributed by atoms with Crippen molar-refractivity contribution in [2.45, 2.75) is 20.0 Å². The molecular formula is C19H17Cl2NO3. The second-order valence-corrected chi connectivity index (χ2v) is 6.26. The fourth-order valence-corrected chi connectivity index (χ4v) is 2.23. The van der Waals surface area contributed by atoms with Crippen molar-refractivity contribution >= 4 is 46.8 Å². The first-order valence-electron chi connectivity index (χ1n) is 7.56. The van der Waals surface area contributed by atoms with E-state index in [-0.39, 0.29) is 0 Å². The summed E-state index contributed by atoms with van der Waals surface area (Å²) in [4.78, 5) is 23.9. The molecule has 0 saturated carbocycles. The maximum atomic E-state index is 12.1. The summed E-state index contributed by atoms with van der Waals surface area (Å²) in [6.45, 7) is 3.37. The van der Waals surface area contributed by atoms with Gasteiger partial charge in [0.2, 0.25) is 0 Å². The second kappa shape index (κ2) is 8.70. The van der Waals surface area contributed by atoms with Gasteiger partial charge in [0.1, 0.15) is 0 Å². The van der Waals surface area contributed by atoms with Crippen molar-refractivity contribution in [3.05, 3.63) is 69.7 Å². The number of carbonyl (C=O) groups is 2. The largest absolute Gasteiger partial charge is 0.449 e. The molecule has 0 aromatic heterocycles. The third-order valence-electron chi connectivity index (χ3n) is 3.38. The van der Waals surface area contributed by atoms with Crippen LogP contribution in [0.25, 0.3) is 6.08 Å². The van der Waals surface area contributed by atoms with Crippen LogP contribution in [0.3, 0.4) is 0 Å². The number of amides is 1. The highest BCUT2D eigenvalue weighted by Crippen LogP contribution is 2.20. The van der Waals surface area contributed by atoms with E-state index in [2.05, 4.69) is 5.32 Å². The molecule has 0 spiro atoms. The minimum Gasteiger partial charge on any atom is -0.449 e. The van der Waals surface area contributed by atoms with Crippen molar-refractivity contribution < 1.29 is 14.3 Å². The van der Waals surface area contributed by atoms with E-state index in [1.807, 2.05) is 6.92 Å². The number of benzene rings is 2. The normalized spacial score (nSPS) is 12.0. The number of anilines is 1. The van der Waals surface area contributed by atoms with Crippen LogP contribution in [0.5, 0.6) is 0 Å². The van der Waals surface area contributed by atoms with Gasteiger partial charge in [-0.25, -0.2) is 4.79 Å². The molecule has 6 heteroatoms. The maximum Gasteiger partial charge on any atom is 0.331 e. The van der Waals surface area contributed by atoms with Crippen LogP contribution >= 0.6 is 23.2 Å². The molecule has 25 heavy (non-hydrogen) atoms.